The van der Waals surface area contributed by atoms with Crippen LogP contribution in [0.2, 0.25) is 0 Å². The van der Waals surface area contributed by atoms with Crippen molar-refractivity contribution in [3.8, 4) is 0 Å². The first-order valence-electron chi connectivity index (χ1n) is 6.39. The number of nitrogens with one attached hydrogen (secondary N) is 1. The van der Waals surface area contributed by atoms with Crippen LogP contribution < -0.4 is 5.32 Å². The topological polar surface area (TPSA) is 56.2 Å². The van der Waals surface area contributed by atoms with E-state index in [4.69, 9.17) is 4.74 Å². The van der Waals surface area contributed by atoms with E-state index < -0.39 is 0 Å². The molecule has 1 N–H and O–H groups in total. The Bertz CT molecular complexity index is 388. The van der Waals surface area contributed by atoms with Crippen LogP contribution in [0.25, 0.3) is 0 Å². The lowest BCUT2D eigenvalue weighted by Crippen LogP contribution is -2.38. The molecule has 5 nitrogen and oxygen atoms in total. The number of aromatic nitrogens is 2. The maximum absolute atomic E-state index is 11.6. The number of methoxy groups -OCH3 is 1. The van der Waals surface area contributed by atoms with E-state index in [1.54, 1.807) is 0 Å². The Morgan fingerprint density at radius 2 is 2.28 bits per heavy atom. The fourth-order valence-electron chi connectivity index (χ4n) is 1.80. The molecule has 0 aliphatic rings. The summed E-state index contributed by atoms with van der Waals surface area (Å²) in [6, 6.07) is -0.239. The van der Waals surface area contributed by atoms with Crippen molar-refractivity contribution in [1.29, 1.82) is 0 Å². The highest BCUT2D eigenvalue weighted by molar-refractivity contribution is 5.75. The Kier molecular flexibility index (Phi) is 5.85. The molecule has 0 amide bonds. The van der Waals surface area contributed by atoms with Crippen molar-refractivity contribution >= 4 is 5.97 Å². The largest absolute Gasteiger partial charge is 0.468 e. The predicted molar refractivity (Wildman–Crippen MR) is 70.4 cm³/mol. The molecule has 0 saturated heterocycles. The van der Waals surface area contributed by atoms with E-state index in [9.17, 15) is 4.79 Å². The summed E-state index contributed by atoms with van der Waals surface area (Å²) in [4.78, 5) is 15.9. The quantitative estimate of drug-likeness (QED) is 0.747. The van der Waals surface area contributed by atoms with Crippen molar-refractivity contribution in [2.45, 2.75) is 46.2 Å². The minimum Gasteiger partial charge on any atom is -0.468 e. The Labute approximate surface area is 109 Å². The van der Waals surface area contributed by atoms with Crippen LogP contribution in [-0.2, 0) is 16.1 Å². The second-order valence-corrected chi connectivity index (χ2v) is 4.43. The minimum atomic E-state index is -0.239. The highest BCUT2D eigenvalue weighted by atomic mass is 16.5. The Morgan fingerprint density at radius 3 is 2.78 bits per heavy atom. The van der Waals surface area contributed by atoms with E-state index in [-0.39, 0.29) is 12.0 Å². The molecule has 18 heavy (non-hydrogen) atoms. The fraction of sp³-hybridized carbons (Fsp3) is 0.692. The number of hydrogen-bond acceptors (Lipinski definition) is 4. The molecule has 0 spiro atoms. The molecule has 0 aromatic carbocycles. The molecule has 1 aromatic rings. The zero-order valence-corrected chi connectivity index (χ0v) is 11.7. The molecule has 0 radical (unpaired) electrons. The summed E-state index contributed by atoms with van der Waals surface area (Å²) >= 11 is 0. The lowest BCUT2D eigenvalue weighted by molar-refractivity contribution is -0.143. The van der Waals surface area contributed by atoms with Crippen LogP contribution in [-0.4, -0.2) is 35.2 Å². The predicted octanol–water partition coefficient (Wildman–Crippen LogP) is 1.43. The van der Waals surface area contributed by atoms with Crippen LogP contribution in [0.1, 0.15) is 31.2 Å². The molecule has 0 aliphatic heterocycles. The Hall–Kier alpha value is -1.36. The van der Waals surface area contributed by atoms with Gasteiger partial charge in [-0.05, 0) is 33.2 Å². The maximum Gasteiger partial charge on any atom is 0.322 e. The number of carbonyl (C=O) groups is 1. The van der Waals surface area contributed by atoms with E-state index in [2.05, 4.69) is 21.8 Å². The normalized spacial score (nSPS) is 12.4. The van der Waals surface area contributed by atoms with E-state index in [1.807, 2.05) is 20.2 Å². The second kappa shape index (κ2) is 7.16. The molecule has 0 saturated carbocycles. The summed E-state index contributed by atoms with van der Waals surface area (Å²) in [7, 11) is 1.43. The van der Waals surface area contributed by atoms with Gasteiger partial charge < -0.3 is 14.6 Å². The third-order valence-corrected chi connectivity index (χ3v) is 3.13. The molecule has 0 aliphatic carbocycles. The Balaban J connectivity index is 2.56. The van der Waals surface area contributed by atoms with E-state index in [0.29, 0.717) is 6.42 Å². The third kappa shape index (κ3) is 3.84. The van der Waals surface area contributed by atoms with Gasteiger partial charge in [0.2, 0.25) is 0 Å². The van der Waals surface area contributed by atoms with Gasteiger partial charge in [0.1, 0.15) is 6.04 Å². The fourth-order valence-corrected chi connectivity index (χ4v) is 1.80. The van der Waals surface area contributed by atoms with Gasteiger partial charge >= 0.3 is 5.97 Å². The van der Waals surface area contributed by atoms with Crippen molar-refractivity contribution in [2.75, 3.05) is 13.7 Å². The first-order valence-corrected chi connectivity index (χ1v) is 6.39. The van der Waals surface area contributed by atoms with Gasteiger partial charge in [-0.1, -0.05) is 6.92 Å². The first-order chi connectivity index (χ1) is 8.60. The molecule has 0 fully saturated rings. The summed E-state index contributed by atoms with van der Waals surface area (Å²) in [6.45, 7) is 7.68. The minimum absolute atomic E-state index is 0.196. The zero-order valence-electron chi connectivity index (χ0n) is 11.7. The highest BCUT2D eigenvalue weighted by Gasteiger charge is 2.18. The number of ether oxygens (including phenoxy) is 1. The summed E-state index contributed by atoms with van der Waals surface area (Å²) in [5.74, 6) is -0.196. The molecule has 0 bridgehead atoms. The average molecular weight is 253 g/mol. The molecule has 5 heteroatoms. The van der Waals surface area contributed by atoms with Crippen LogP contribution in [0, 0.1) is 13.8 Å². The van der Waals surface area contributed by atoms with E-state index in [1.165, 1.54) is 7.11 Å². The number of esters is 1. The molecule has 1 rings (SSSR count). The number of carbonyl (C=O) groups excluding carboxylic acids is 1. The molecule has 1 unspecified atom stereocenters. The van der Waals surface area contributed by atoms with Crippen molar-refractivity contribution in [3.63, 3.8) is 0 Å². The smallest absolute Gasteiger partial charge is 0.322 e. The molecular weight excluding hydrogens is 230 g/mol. The van der Waals surface area contributed by atoms with Gasteiger partial charge in [0.25, 0.3) is 0 Å². The number of imidazole rings is 1. The van der Waals surface area contributed by atoms with Crippen LogP contribution in [0.4, 0.5) is 0 Å². The molecule has 1 heterocycles. The number of aryl methyl sites for hydroxylation is 2. The van der Waals surface area contributed by atoms with E-state index >= 15 is 0 Å². The summed E-state index contributed by atoms with van der Waals surface area (Å²) < 4.78 is 6.88. The number of nitrogens with zero attached hydrogens (tertiary/aromatic N) is 2. The van der Waals surface area contributed by atoms with Crippen LogP contribution in [0.15, 0.2) is 6.33 Å². The van der Waals surface area contributed by atoms with Gasteiger partial charge in [0, 0.05) is 12.2 Å². The van der Waals surface area contributed by atoms with Gasteiger partial charge in [-0.25, -0.2) is 4.98 Å². The van der Waals surface area contributed by atoms with Crippen molar-refractivity contribution in [1.82, 2.24) is 14.9 Å². The SMILES string of the molecule is CCCNC(CCn1cnc(C)c1C)C(=O)OC. The second-order valence-electron chi connectivity index (χ2n) is 4.43. The zero-order chi connectivity index (χ0) is 13.5. The van der Waals surface area contributed by atoms with Crippen LogP contribution in [0.5, 0.6) is 0 Å². The lowest BCUT2D eigenvalue weighted by Gasteiger charge is -2.16. The molecular formula is C13H23N3O2. The van der Waals surface area contributed by atoms with Crippen molar-refractivity contribution < 1.29 is 9.53 Å². The van der Waals surface area contributed by atoms with Gasteiger partial charge in [-0.15, -0.1) is 0 Å². The lowest BCUT2D eigenvalue weighted by atomic mass is 10.2. The molecule has 102 valence electrons. The summed E-state index contributed by atoms with van der Waals surface area (Å²) in [5.41, 5.74) is 2.18. The maximum atomic E-state index is 11.6. The van der Waals surface area contributed by atoms with Crippen LogP contribution >= 0.6 is 0 Å². The standard InChI is InChI=1S/C13H23N3O2/c1-5-7-14-12(13(17)18-4)6-8-16-9-15-10(2)11(16)3/h9,12,14H,5-8H2,1-4H3. The van der Waals surface area contributed by atoms with Gasteiger partial charge in [-0.2, -0.15) is 0 Å². The number of hydrogen-bond donors (Lipinski definition) is 1. The van der Waals surface area contributed by atoms with Gasteiger partial charge in [-0.3, -0.25) is 4.79 Å². The summed E-state index contributed by atoms with van der Waals surface area (Å²) in [5, 5.41) is 3.21. The van der Waals surface area contributed by atoms with Crippen molar-refractivity contribution in [2.24, 2.45) is 0 Å². The van der Waals surface area contributed by atoms with Gasteiger partial charge in [0.15, 0.2) is 0 Å². The Morgan fingerprint density at radius 1 is 1.56 bits per heavy atom. The molecule has 1 atom stereocenters. The average Bonchev–Trinajstić information content (AvgIpc) is 2.69. The monoisotopic (exact) mass is 253 g/mol. The first kappa shape index (κ1) is 14.7. The number of rotatable bonds is 7. The van der Waals surface area contributed by atoms with Gasteiger partial charge in [0.05, 0.1) is 19.1 Å². The van der Waals surface area contributed by atoms with Crippen molar-refractivity contribution in [3.05, 3.63) is 17.7 Å². The highest BCUT2D eigenvalue weighted by Crippen LogP contribution is 2.07. The molecule has 1 aromatic heterocycles. The van der Waals surface area contributed by atoms with E-state index in [0.717, 1.165) is 30.9 Å². The van der Waals surface area contributed by atoms with Crippen LogP contribution in [0.3, 0.4) is 0 Å². The third-order valence-electron chi connectivity index (χ3n) is 3.13. The summed E-state index contributed by atoms with van der Waals surface area (Å²) in [6.07, 6.45) is 3.53.